The molecular formula is C12H14Cl2N4. The predicted octanol–water partition coefficient (Wildman–Crippen LogP) is 2.91. The van der Waals surface area contributed by atoms with E-state index in [9.17, 15) is 0 Å². The number of hydrogen-bond acceptors (Lipinski definition) is 3. The Kier molecular flexibility index (Phi) is 3.90. The predicted molar refractivity (Wildman–Crippen MR) is 73.6 cm³/mol. The summed E-state index contributed by atoms with van der Waals surface area (Å²) in [7, 11) is 1.85. The van der Waals surface area contributed by atoms with Crippen LogP contribution in [0.4, 0.5) is 0 Å². The van der Waals surface area contributed by atoms with Gasteiger partial charge in [-0.3, -0.25) is 0 Å². The number of nitrogens with zero attached hydrogens (tertiary/aromatic N) is 3. The van der Waals surface area contributed by atoms with E-state index < -0.39 is 0 Å². The van der Waals surface area contributed by atoms with Crippen LogP contribution in [0.1, 0.15) is 17.1 Å². The molecule has 0 bridgehead atoms. The van der Waals surface area contributed by atoms with Crippen molar-refractivity contribution in [2.24, 2.45) is 0 Å². The monoisotopic (exact) mass is 284 g/mol. The van der Waals surface area contributed by atoms with Crippen LogP contribution in [-0.2, 0) is 6.54 Å². The van der Waals surface area contributed by atoms with Crippen molar-refractivity contribution in [1.82, 2.24) is 20.1 Å². The summed E-state index contributed by atoms with van der Waals surface area (Å²) < 4.78 is 1.73. The Morgan fingerprint density at radius 2 is 2.00 bits per heavy atom. The SMILES string of the molecule is CNCc1nc(-n2nc(C)c(Cl)c2C)ccc1Cl. The molecule has 0 fully saturated rings. The quantitative estimate of drug-likeness (QED) is 0.943. The third-order valence-electron chi connectivity index (χ3n) is 2.67. The van der Waals surface area contributed by atoms with E-state index in [-0.39, 0.29) is 0 Å². The van der Waals surface area contributed by atoms with E-state index in [0.717, 1.165) is 22.9 Å². The Labute approximate surface area is 116 Å². The highest BCUT2D eigenvalue weighted by Crippen LogP contribution is 2.23. The number of halogens is 2. The lowest BCUT2D eigenvalue weighted by Crippen LogP contribution is -2.10. The molecule has 0 spiro atoms. The van der Waals surface area contributed by atoms with Gasteiger partial charge >= 0.3 is 0 Å². The maximum absolute atomic E-state index is 6.13. The van der Waals surface area contributed by atoms with Gasteiger partial charge in [0.05, 0.1) is 27.1 Å². The van der Waals surface area contributed by atoms with E-state index >= 15 is 0 Å². The van der Waals surface area contributed by atoms with Gasteiger partial charge in [-0.05, 0) is 33.0 Å². The highest BCUT2D eigenvalue weighted by molar-refractivity contribution is 6.32. The van der Waals surface area contributed by atoms with Crippen molar-refractivity contribution in [2.45, 2.75) is 20.4 Å². The first-order chi connectivity index (χ1) is 8.54. The van der Waals surface area contributed by atoms with Gasteiger partial charge in [0.15, 0.2) is 5.82 Å². The van der Waals surface area contributed by atoms with Crippen molar-refractivity contribution < 1.29 is 0 Å². The highest BCUT2D eigenvalue weighted by atomic mass is 35.5. The fourth-order valence-corrected chi connectivity index (χ4v) is 2.02. The van der Waals surface area contributed by atoms with Crippen LogP contribution < -0.4 is 5.32 Å². The first-order valence-corrected chi connectivity index (χ1v) is 6.32. The zero-order valence-electron chi connectivity index (χ0n) is 10.5. The Morgan fingerprint density at radius 3 is 2.56 bits per heavy atom. The number of nitrogens with one attached hydrogen (secondary N) is 1. The summed E-state index contributed by atoms with van der Waals surface area (Å²) in [5.74, 6) is 0.720. The second-order valence-corrected chi connectivity index (χ2v) is 4.81. The molecule has 4 nitrogen and oxygen atoms in total. The van der Waals surface area contributed by atoms with Crippen LogP contribution >= 0.6 is 23.2 Å². The van der Waals surface area contributed by atoms with Gasteiger partial charge in [-0.15, -0.1) is 0 Å². The molecule has 0 amide bonds. The van der Waals surface area contributed by atoms with E-state index in [4.69, 9.17) is 23.2 Å². The normalized spacial score (nSPS) is 10.9. The lowest BCUT2D eigenvalue weighted by atomic mass is 10.3. The zero-order chi connectivity index (χ0) is 13.3. The Bertz CT molecular complexity index is 578. The van der Waals surface area contributed by atoms with Gasteiger partial charge in [-0.1, -0.05) is 23.2 Å². The average molecular weight is 285 g/mol. The molecule has 2 rings (SSSR count). The Morgan fingerprint density at radius 1 is 1.28 bits per heavy atom. The largest absolute Gasteiger partial charge is 0.314 e. The lowest BCUT2D eigenvalue weighted by molar-refractivity contribution is 0.759. The summed E-state index contributed by atoms with van der Waals surface area (Å²) in [4.78, 5) is 4.49. The van der Waals surface area contributed by atoms with Gasteiger partial charge in [0.1, 0.15) is 0 Å². The van der Waals surface area contributed by atoms with Crippen LogP contribution in [0.2, 0.25) is 10.0 Å². The molecule has 0 aliphatic carbocycles. The van der Waals surface area contributed by atoms with E-state index in [0.29, 0.717) is 16.6 Å². The summed E-state index contributed by atoms with van der Waals surface area (Å²) in [6.45, 7) is 4.40. The topological polar surface area (TPSA) is 42.7 Å². The van der Waals surface area contributed by atoms with Crippen LogP contribution in [0.15, 0.2) is 12.1 Å². The molecule has 18 heavy (non-hydrogen) atoms. The molecule has 0 saturated heterocycles. The fourth-order valence-electron chi connectivity index (χ4n) is 1.73. The second kappa shape index (κ2) is 5.26. The van der Waals surface area contributed by atoms with Crippen molar-refractivity contribution in [3.63, 3.8) is 0 Å². The molecule has 0 aliphatic rings. The van der Waals surface area contributed by atoms with Crippen LogP contribution in [0.25, 0.3) is 5.82 Å². The minimum Gasteiger partial charge on any atom is -0.314 e. The number of rotatable bonds is 3. The molecule has 1 N–H and O–H groups in total. The summed E-state index contributed by atoms with van der Waals surface area (Å²) >= 11 is 12.2. The molecule has 0 atom stereocenters. The van der Waals surface area contributed by atoms with E-state index in [1.54, 1.807) is 4.68 Å². The third-order valence-corrected chi connectivity index (χ3v) is 3.56. The van der Waals surface area contributed by atoms with Crippen LogP contribution in [-0.4, -0.2) is 21.8 Å². The van der Waals surface area contributed by atoms with Crippen molar-refractivity contribution in [1.29, 1.82) is 0 Å². The van der Waals surface area contributed by atoms with Crippen LogP contribution in [0.5, 0.6) is 0 Å². The minimum atomic E-state index is 0.611. The van der Waals surface area contributed by atoms with Gasteiger partial charge in [0, 0.05) is 6.54 Å². The summed E-state index contributed by atoms with van der Waals surface area (Å²) in [5, 5.41) is 8.71. The van der Waals surface area contributed by atoms with E-state index in [1.807, 2.05) is 33.0 Å². The molecule has 0 saturated carbocycles. The molecule has 0 aromatic carbocycles. The minimum absolute atomic E-state index is 0.611. The van der Waals surface area contributed by atoms with Crippen molar-refractivity contribution in [3.8, 4) is 5.82 Å². The van der Waals surface area contributed by atoms with Gasteiger partial charge in [-0.25, -0.2) is 9.67 Å². The third kappa shape index (κ3) is 2.36. The Hall–Kier alpha value is -1.10. The summed E-state index contributed by atoms with van der Waals surface area (Å²) in [5.41, 5.74) is 2.46. The first-order valence-electron chi connectivity index (χ1n) is 5.56. The van der Waals surface area contributed by atoms with E-state index in [1.165, 1.54) is 0 Å². The van der Waals surface area contributed by atoms with Gasteiger partial charge < -0.3 is 5.32 Å². The smallest absolute Gasteiger partial charge is 0.154 e. The highest BCUT2D eigenvalue weighted by Gasteiger charge is 2.12. The van der Waals surface area contributed by atoms with Crippen LogP contribution in [0.3, 0.4) is 0 Å². The van der Waals surface area contributed by atoms with Crippen molar-refractivity contribution in [3.05, 3.63) is 39.3 Å². The molecule has 2 aromatic rings. The van der Waals surface area contributed by atoms with Crippen LogP contribution in [0, 0.1) is 13.8 Å². The number of aromatic nitrogens is 3. The lowest BCUT2D eigenvalue weighted by Gasteiger charge is -2.07. The van der Waals surface area contributed by atoms with Gasteiger partial charge in [-0.2, -0.15) is 5.10 Å². The second-order valence-electron chi connectivity index (χ2n) is 4.02. The molecule has 0 aliphatic heterocycles. The number of hydrogen-bond donors (Lipinski definition) is 1. The molecule has 6 heteroatoms. The fraction of sp³-hybridized carbons (Fsp3) is 0.333. The molecule has 0 radical (unpaired) electrons. The molecule has 2 heterocycles. The first kappa shape index (κ1) is 13.3. The van der Waals surface area contributed by atoms with E-state index in [2.05, 4.69) is 15.4 Å². The molecule has 96 valence electrons. The standard InChI is InChI=1S/C12H14Cl2N4/c1-7-12(14)8(2)18(17-7)11-5-4-9(13)10(16-11)6-15-3/h4-5,15H,6H2,1-3H3. The van der Waals surface area contributed by atoms with Crippen molar-refractivity contribution in [2.75, 3.05) is 7.05 Å². The maximum Gasteiger partial charge on any atom is 0.154 e. The summed E-state index contributed by atoms with van der Waals surface area (Å²) in [6, 6.07) is 3.65. The number of aryl methyl sites for hydroxylation is 1. The maximum atomic E-state index is 6.13. The zero-order valence-corrected chi connectivity index (χ0v) is 12.0. The van der Waals surface area contributed by atoms with Gasteiger partial charge in [0.25, 0.3) is 0 Å². The Balaban J connectivity index is 2.50. The molecule has 0 unspecified atom stereocenters. The van der Waals surface area contributed by atoms with Gasteiger partial charge in [0.2, 0.25) is 0 Å². The molecule has 2 aromatic heterocycles. The van der Waals surface area contributed by atoms with Crippen molar-refractivity contribution >= 4 is 23.2 Å². The number of pyridine rings is 1. The summed E-state index contributed by atoms with van der Waals surface area (Å²) in [6.07, 6.45) is 0. The average Bonchev–Trinajstić information content (AvgIpc) is 2.60. The molecular weight excluding hydrogens is 271 g/mol.